The summed E-state index contributed by atoms with van der Waals surface area (Å²) in [6, 6.07) is 9.94. The molecule has 1 saturated heterocycles. The number of thiocarbonyl (C=S) groups is 1. The van der Waals surface area contributed by atoms with Gasteiger partial charge in [-0.15, -0.1) is 0 Å². The van der Waals surface area contributed by atoms with Crippen LogP contribution in [-0.2, 0) is 4.79 Å². The standard InChI is InChI=1S/C20H18N2O4S2/c23-19-18(28-20(27)21(19)14-4-2-1-3-5-14)12-16-10-11-17(26-16)13-6-8-15(9-7-13)22(24)25/h6-12,14H,1-5H2. The number of amides is 1. The van der Waals surface area contributed by atoms with E-state index in [0.29, 0.717) is 20.7 Å². The van der Waals surface area contributed by atoms with Crippen LogP contribution in [0.15, 0.2) is 45.7 Å². The van der Waals surface area contributed by atoms with Crippen molar-refractivity contribution in [3.8, 4) is 11.3 Å². The van der Waals surface area contributed by atoms with Crippen LogP contribution in [0.1, 0.15) is 37.9 Å². The highest BCUT2D eigenvalue weighted by Crippen LogP contribution is 2.37. The quantitative estimate of drug-likeness (QED) is 0.289. The second-order valence-corrected chi connectivity index (χ2v) is 8.53. The molecule has 6 nitrogen and oxygen atoms in total. The van der Waals surface area contributed by atoms with Crippen molar-refractivity contribution in [3.63, 3.8) is 0 Å². The van der Waals surface area contributed by atoms with Gasteiger partial charge in [-0.2, -0.15) is 0 Å². The molecule has 1 aromatic carbocycles. The molecule has 2 heterocycles. The van der Waals surface area contributed by atoms with Gasteiger partial charge in [0.05, 0.1) is 9.83 Å². The molecule has 0 N–H and O–H groups in total. The Morgan fingerprint density at radius 2 is 1.86 bits per heavy atom. The van der Waals surface area contributed by atoms with Crippen molar-refractivity contribution >= 4 is 46.0 Å². The van der Waals surface area contributed by atoms with Crippen LogP contribution in [0.5, 0.6) is 0 Å². The van der Waals surface area contributed by atoms with Crippen LogP contribution in [0, 0.1) is 10.1 Å². The SMILES string of the molecule is O=C1C(=Cc2ccc(-c3ccc([N+](=O)[O-])cc3)o2)SC(=S)N1C1CCCCC1. The molecule has 2 fully saturated rings. The molecule has 1 aromatic heterocycles. The lowest BCUT2D eigenvalue weighted by Gasteiger charge is -2.29. The highest BCUT2D eigenvalue weighted by Gasteiger charge is 2.37. The highest BCUT2D eigenvalue weighted by atomic mass is 32.2. The van der Waals surface area contributed by atoms with Crippen LogP contribution in [-0.4, -0.2) is 26.1 Å². The zero-order valence-corrected chi connectivity index (χ0v) is 16.6. The lowest BCUT2D eigenvalue weighted by Crippen LogP contribution is -2.39. The van der Waals surface area contributed by atoms with Crippen molar-refractivity contribution in [3.05, 3.63) is 57.2 Å². The van der Waals surface area contributed by atoms with E-state index in [4.69, 9.17) is 16.6 Å². The first kappa shape index (κ1) is 18.9. The Labute approximate surface area is 171 Å². The van der Waals surface area contributed by atoms with Crippen LogP contribution in [0.4, 0.5) is 5.69 Å². The Hall–Kier alpha value is -2.45. The predicted octanol–water partition coefficient (Wildman–Crippen LogP) is 5.39. The number of thioether (sulfide) groups is 1. The maximum Gasteiger partial charge on any atom is 0.269 e. The molecule has 8 heteroatoms. The van der Waals surface area contributed by atoms with Gasteiger partial charge in [-0.25, -0.2) is 0 Å². The van der Waals surface area contributed by atoms with Crippen LogP contribution in [0.2, 0.25) is 0 Å². The fourth-order valence-corrected chi connectivity index (χ4v) is 4.98. The number of nitro groups is 1. The van der Waals surface area contributed by atoms with E-state index in [9.17, 15) is 14.9 Å². The Bertz CT molecular complexity index is 959. The van der Waals surface area contributed by atoms with Crippen molar-refractivity contribution in [2.75, 3.05) is 0 Å². The summed E-state index contributed by atoms with van der Waals surface area (Å²) in [5, 5.41) is 10.8. The third kappa shape index (κ3) is 3.74. The number of hydrogen-bond donors (Lipinski definition) is 0. The molecule has 0 bridgehead atoms. The molecule has 1 aliphatic carbocycles. The van der Waals surface area contributed by atoms with E-state index in [2.05, 4.69) is 0 Å². The minimum absolute atomic E-state index is 0.0296. The molecule has 1 aliphatic heterocycles. The topological polar surface area (TPSA) is 76.6 Å². The Morgan fingerprint density at radius 1 is 1.14 bits per heavy atom. The number of rotatable bonds is 4. The Morgan fingerprint density at radius 3 is 2.54 bits per heavy atom. The molecular formula is C20H18N2O4S2. The number of carbonyl (C=O) groups is 1. The molecule has 0 spiro atoms. The summed E-state index contributed by atoms with van der Waals surface area (Å²) in [4.78, 5) is 25.5. The van der Waals surface area contributed by atoms with E-state index in [1.807, 2.05) is 0 Å². The van der Waals surface area contributed by atoms with Crippen molar-refractivity contribution < 1.29 is 14.1 Å². The number of non-ortho nitro benzene ring substituents is 1. The lowest BCUT2D eigenvalue weighted by molar-refractivity contribution is -0.384. The number of nitrogens with zero attached hydrogens (tertiary/aromatic N) is 2. The zero-order chi connectivity index (χ0) is 19.7. The van der Waals surface area contributed by atoms with Crippen LogP contribution < -0.4 is 0 Å². The minimum Gasteiger partial charge on any atom is -0.457 e. The number of benzene rings is 1. The van der Waals surface area contributed by atoms with Gasteiger partial charge in [-0.3, -0.25) is 19.8 Å². The molecular weight excluding hydrogens is 396 g/mol. The van der Waals surface area contributed by atoms with Gasteiger partial charge >= 0.3 is 0 Å². The molecule has 2 aliphatic rings. The Balaban J connectivity index is 1.52. The van der Waals surface area contributed by atoms with Crippen LogP contribution >= 0.6 is 24.0 Å². The molecule has 0 radical (unpaired) electrons. The van der Waals surface area contributed by atoms with Gasteiger partial charge in [0.1, 0.15) is 15.8 Å². The van der Waals surface area contributed by atoms with E-state index in [1.54, 1.807) is 35.2 Å². The van der Waals surface area contributed by atoms with Gasteiger partial charge in [0.25, 0.3) is 11.6 Å². The Kier molecular flexibility index (Phi) is 5.32. The number of hydrogen-bond acceptors (Lipinski definition) is 6. The third-order valence-electron chi connectivity index (χ3n) is 5.03. The molecule has 1 saturated carbocycles. The molecule has 144 valence electrons. The lowest BCUT2D eigenvalue weighted by atomic mass is 9.94. The van der Waals surface area contributed by atoms with Gasteiger partial charge in [0, 0.05) is 29.8 Å². The third-order valence-corrected chi connectivity index (χ3v) is 6.36. The molecule has 28 heavy (non-hydrogen) atoms. The van der Waals surface area contributed by atoms with E-state index in [0.717, 1.165) is 31.2 Å². The average Bonchev–Trinajstić information content (AvgIpc) is 3.27. The second-order valence-electron chi connectivity index (χ2n) is 6.85. The van der Waals surface area contributed by atoms with Crippen LogP contribution in [0.3, 0.4) is 0 Å². The molecule has 4 rings (SSSR count). The summed E-state index contributed by atoms with van der Waals surface area (Å²) in [7, 11) is 0. The summed E-state index contributed by atoms with van der Waals surface area (Å²) >= 11 is 6.76. The molecule has 1 amide bonds. The highest BCUT2D eigenvalue weighted by molar-refractivity contribution is 8.26. The van der Waals surface area contributed by atoms with Gasteiger partial charge < -0.3 is 4.42 Å². The number of carbonyl (C=O) groups excluding carboxylic acids is 1. The first-order chi connectivity index (χ1) is 13.5. The fourth-order valence-electron chi connectivity index (χ4n) is 3.60. The molecule has 0 atom stereocenters. The van der Waals surface area contributed by atoms with E-state index in [1.165, 1.54) is 30.3 Å². The summed E-state index contributed by atoms with van der Waals surface area (Å²) in [5.41, 5.74) is 0.766. The van der Waals surface area contributed by atoms with Crippen molar-refractivity contribution in [1.29, 1.82) is 0 Å². The zero-order valence-electron chi connectivity index (χ0n) is 15.0. The van der Waals surface area contributed by atoms with Gasteiger partial charge in [-0.1, -0.05) is 43.2 Å². The first-order valence-corrected chi connectivity index (χ1v) is 10.4. The normalized spacial score (nSPS) is 19.6. The van der Waals surface area contributed by atoms with Crippen molar-refractivity contribution in [2.45, 2.75) is 38.1 Å². The number of furan rings is 1. The van der Waals surface area contributed by atoms with E-state index < -0.39 is 4.92 Å². The maximum absolute atomic E-state index is 12.8. The largest absolute Gasteiger partial charge is 0.457 e. The first-order valence-electron chi connectivity index (χ1n) is 9.14. The van der Waals surface area contributed by atoms with Crippen LogP contribution in [0.25, 0.3) is 17.4 Å². The summed E-state index contributed by atoms with van der Waals surface area (Å²) < 4.78 is 6.44. The summed E-state index contributed by atoms with van der Waals surface area (Å²) in [5.74, 6) is 1.09. The average molecular weight is 415 g/mol. The summed E-state index contributed by atoms with van der Waals surface area (Å²) in [6.07, 6.45) is 7.22. The van der Waals surface area contributed by atoms with E-state index in [-0.39, 0.29) is 17.6 Å². The molecule has 0 unspecified atom stereocenters. The smallest absolute Gasteiger partial charge is 0.269 e. The van der Waals surface area contributed by atoms with Crippen molar-refractivity contribution in [1.82, 2.24) is 4.90 Å². The van der Waals surface area contributed by atoms with E-state index >= 15 is 0 Å². The number of nitro benzene ring substituents is 1. The summed E-state index contributed by atoms with van der Waals surface area (Å²) in [6.45, 7) is 0. The molecule has 2 aromatic rings. The van der Waals surface area contributed by atoms with Crippen molar-refractivity contribution in [2.24, 2.45) is 0 Å². The fraction of sp³-hybridized carbons (Fsp3) is 0.300. The van der Waals surface area contributed by atoms with Gasteiger partial charge in [0.2, 0.25) is 0 Å². The van der Waals surface area contributed by atoms with Gasteiger partial charge in [-0.05, 0) is 37.1 Å². The monoisotopic (exact) mass is 414 g/mol. The maximum atomic E-state index is 12.8. The minimum atomic E-state index is -0.439. The van der Waals surface area contributed by atoms with Gasteiger partial charge in [0.15, 0.2) is 0 Å². The predicted molar refractivity (Wildman–Crippen MR) is 113 cm³/mol. The second kappa shape index (κ2) is 7.89.